The summed E-state index contributed by atoms with van der Waals surface area (Å²) in [7, 11) is 0. The van der Waals surface area contributed by atoms with Crippen molar-refractivity contribution >= 4 is 0 Å². The lowest BCUT2D eigenvalue weighted by molar-refractivity contribution is 0.170. The lowest BCUT2D eigenvalue weighted by atomic mass is 9.99. The maximum absolute atomic E-state index is 3.47. The van der Waals surface area contributed by atoms with Crippen molar-refractivity contribution in [1.29, 1.82) is 0 Å². The molecule has 1 N–H and O–H groups in total. The molecule has 1 aliphatic heterocycles. The van der Waals surface area contributed by atoms with Crippen LogP contribution in [-0.4, -0.2) is 37.1 Å². The Morgan fingerprint density at radius 2 is 1.73 bits per heavy atom. The van der Waals surface area contributed by atoms with Gasteiger partial charge >= 0.3 is 0 Å². The fourth-order valence-electron chi connectivity index (χ4n) is 2.39. The highest BCUT2D eigenvalue weighted by atomic mass is 15.2. The third-order valence-corrected chi connectivity index (χ3v) is 3.66. The lowest BCUT2D eigenvalue weighted by Gasteiger charge is -2.32. The second-order valence-corrected chi connectivity index (χ2v) is 5.09. The van der Waals surface area contributed by atoms with Crippen molar-refractivity contribution in [1.82, 2.24) is 10.2 Å². The van der Waals surface area contributed by atoms with E-state index in [0.717, 1.165) is 12.0 Å². The minimum atomic E-state index is 0.776. The molecule has 0 aromatic rings. The summed E-state index contributed by atoms with van der Waals surface area (Å²) in [5.41, 5.74) is 0. The highest BCUT2D eigenvalue weighted by Crippen LogP contribution is 2.15. The van der Waals surface area contributed by atoms with E-state index in [1.165, 1.54) is 51.9 Å². The summed E-state index contributed by atoms with van der Waals surface area (Å²) in [5.74, 6) is 0.878. The first-order valence-electron chi connectivity index (χ1n) is 6.68. The number of nitrogens with one attached hydrogen (secondary N) is 1. The molecule has 0 amide bonds. The maximum Gasteiger partial charge on any atom is 0.00694 e. The average Bonchev–Trinajstić information content (AvgIpc) is 2.16. The third-order valence-electron chi connectivity index (χ3n) is 3.66. The summed E-state index contributed by atoms with van der Waals surface area (Å²) < 4.78 is 0. The van der Waals surface area contributed by atoms with E-state index in [9.17, 15) is 0 Å². The number of hydrogen-bond acceptors (Lipinski definition) is 2. The fraction of sp³-hybridized carbons (Fsp3) is 1.00. The summed E-state index contributed by atoms with van der Waals surface area (Å²) in [5, 5.41) is 3.47. The molecule has 2 nitrogen and oxygen atoms in total. The Labute approximate surface area is 95.4 Å². The Balaban J connectivity index is 2.31. The molecule has 0 aliphatic carbocycles. The first-order valence-corrected chi connectivity index (χ1v) is 6.68. The van der Waals surface area contributed by atoms with Gasteiger partial charge in [-0.05, 0) is 58.3 Å². The van der Waals surface area contributed by atoms with Crippen LogP contribution in [-0.2, 0) is 0 Å². The molecule has 2 heteroatoms. The SMILES string of the molecule is CCC(C)CC(C)N1CCCNCCC1. The molecule has 0 saturated carbocycles. The van der Waals surface area contributed by atoms with Gasteiger partial charge in [-0.1, -0.05) is 20.3 Å². The predicted octanol–water partition coefficient (Wildman–Crippen LogP) is 2.50. The van der Waals surface area contributed by atoms with E-state index < -0.39 is 0 Å². The Morgan fingerprint density at radius 3 is 2.27 bits per heavy atom. The monoisotopic (exact) mass is 212 g/mol. The molecule has 90 valence electrons. The van der Waals surface area contributed by atoms with Crippen LogP contribution in [0.1, 0.15) is 46.5 Å². The molecule has 0 radical (unpaired) electrons. The van der Waals surface area contributed by atoms with Gasteiger partial charge in [-0.2, -0.15) is 0 Å². The summed E-state index contributed by atoms with van der Waals surface area (Å²) >= 11 is 0. The van der Waals surface area contributed by atoms with Gasteiger partial charge in [0.25, 0.3) is 0 Å². The van der Waals surface area contributed by atoms with Crippen LogP contribution in [0.3, 0.4) is 0 Å². The third kappa shape index (κ3) is 4.98. The second kappa shape index (κ2) is 7.24. The van der Waals surface area contributed by atoms with Gasteiger partial charge in [-0.3, -0.25) is 0 Å². The number of nitrogens with zero attached hydrogens (tertiary/aromatic N) is 1. The quantitative estimate of drug-likeness (QED) is 0.770. The van der Waals surface area contributed by atoms with Crippen molar-refractivity contribution in [3.63, 3.8) is 0 Å². The van der Waals surface area contributed by atoms with Crippen LogP contribution in [0.25, 0.3) is 0 Å². The molecule has 2 atom stereocenters. The van der Waals surface area contributed by atoms with E-state index in [1.807, 2.05) is 0 Å². The van der Waals surface area contributed by atoms with E-state index in [2.05, 4.69) is 31.0 Å². The first-order chi connectivity index (χ1) is 7.24. The molecule has 1 rings (SSSR count). The van der Waals surface area contributed by atoms with Gasteiger partial charge in [-0.15, -0.1) is 0 Å². The van der Waals surface area contributed by atoms with Crippen LogP contribution in [0.15, 0.2) is 0 Å². The summed E-state index contributed by atoms with van der Waals surface area (Å²) in [6.07, 6.45) is 5.30. The topological polar surface area (TPSA) is 15.3 Å². The van der Waals surface area contributed by atoms with Crippen molar-refractivity contribution in [2.45, 2.75) is 52.5 Å². The largest absolute Gasteiger partial charge is 0.317 e. The Morgan fingerprint density at radius 1 is 1.13 bits per heavy atom. The lowest BCUT2D eigenvalue weighted by Crippen LogP contribution is -2.40. The van der Waals surface area contributed by atoms with Crippen molar-refractivity contribution in [2.75, 3.05) is 26.2 Å². The van der Waals surface area contributed by atoms with E-state index in [0.29, 0.717) is 0 Å². The molecule has 0 aromatic heterocycles. The van der Waals surface area contributed by atoms with Gasteiger partial charge in [0.2, 0.25) is 0 Å². The first kappa shape index (κ1) is 13.0. The zero-order valence-electron chi connectivity index (χ0n) is 10.8. The van der Waals surface area contributed by atoms with Crippen molar-refractivity contribution in [2.24, 2.45) is 5.92 Å². The van der Waals surface area contributed by atoms with E-state index in [1.54, 1.807) is 0 Å². The average molecular weight is 212 g/mol. The number of rotatable bonds is 4. The van der Waals surface area contributed by atoms with Crippen molar-refractivity contribution < 1.29 is 0 Å². The van der Waals surface area contributed by atoms with Gasteiger partial charge in [-0.25, -0.2) is 0 Å². The molecule has 15 heavy (non-hydrogen) atoms. The van der Waals surface area contributed by atoms with Crippen LogP contribution < -0.4 is 5.32 Å². The van der Waals surface area contributed by atoms with Crippen molar-refractivity contribution in [3.05, 3.63) is 0 Å². The minimum Gasteiger partial charge on any atom is -0.317 e. The number of hydrogen-bond donors (Lipinski definition) is 1. The predicted molar refractivity (Wildman–Crippen MR) is 67.2 cm³/mol. The van der Waals surface area contributed by atoms with Crippen molar-refractivity contribution in [3.8, 4) is 0 Å². The molecule has 0 aromatic carbocycles. The zero-order chi connectivity index (χ0) is 11.1. The van der Waals surface area contributed by atoms with Crippen LogP contribution in [0.4, 0.5) is 0 Å². The smallest absolute Gasteiger partial charge is 0.00694 e. The van der Waals surface area contributed by atoms with E-state index in [-0.39, 0.29) is 0 Å². The highest BCUT2D eigenvalue weighted by molar-refractivity contribution is 4.72. The maximum atomic E-state index is 3.47. The minimum absolute atomic E-state index is 0.776. The standard InChI is InChI=1S/C13H28N2/c1-4-12(2)11-13(3)15-9-5-7-14-8-6-10-15/h12-14H,4-11H2,1-3H3. The molecule has 1 heterocycles. The normalized spacial score (nSPS) is 24.2. The molecule has 2 unspecified atom stereocenters. The van der Waals surface area contributed by atoms with Crippen LogP contribution in [0, 0.1) is 5.92 Å². The molecular formula is C13H28N2. The Hall–Kier alpha value is -0.0800. The second-order valence-electron chi connectivity index (χ2n) is 5.09. The summed E-state index contributed by atoms with van der Waals surface area (Å²) in [6, 6.07) is 0.776. The summed E-state index contributed by atoms with van der Waals surface area (Å²) in [6.45, 7) is 12.0. The Bertz CT molecular complexity index is 151. The van der Waals surface area contributed by atoms with Gasteiger partial charge in [0, 0.05) is 6.04 Å². The van der Waals surface area contributed by atoms with Gasteiger partial charge in [0.15, 0.2) is 0 Å². The van der Waals surface area contributed by atoms with E-state index in [4.69, 9.17) is 0 Å². The van der Waals surface area contributed by atoms with Crippen LogP contribution in [0.5, 0.6) is 0 Å². The molecule has 1 aliphatic rings. The van der Waals surface area contributed by atoms with E-state index >= 15 is 0 Å². The molecular weight excluding hydrogens is 184 g/mol. The molecule has 1 fully saturated rings. The molecule has 0 spiro atoms. The Kier molecular flexibility index (Phi) is 6.26. The molecule has 0 bridgehead atoms. The van der Waals surface area contributed by atoms with Gasteiger partial charge in [0.05, 0.1) is 0 Å². The fourth-order valence-corrected chi connectivity index (χ4v) is 2.39. The molecule has 1 saturated heterocycles. The summed E-state index contributed by atoms with van der Waals surface area (Å²) in [4.78, 5) is 2.69. The van der Waals surface area contributed by atoms with Gasteiger partial charge < -0.3 is 10.2 Å². The van der Waals surface area contributed by atoms with Crippen LogP contribution in [0.2, 0.25) is 0 Å². The van der Waals surface area contributed by atoms with Gasteiger partial charge in [0.1, 0.15) is 0 Å². The van der Waals surface area contributed by atoms with Crippen LogP contribution >= 0.6 is 0 Å². The zero-order valence-corrected chi connectivity index (χ0v) is 10.8. The highest BCUT2D eigenvalue weighted by Gasteiger charge is 2.16.